The van der Waals surface area contributed by atoms with Crippen LogP contribution in [-0.2, 0) is 0 Å². The maximum atomic E-state index is 9.10. The van der Waals surface area contributed by atoms with Crippen molar-refractivity contribution >= 4 is 17.7 Å². The Hall–Kier alpha value is -0.420. The van der Waals surface area contributed by atoms with E-state index < -0.39 is 0 Å². The molecule has 0 bridgehead atoms. The Balaban J connectivity index is 2.64. The first-order chi connectivity index (χ1) is 9.08. The number of nitrogens with one attached hydrogen (secondary N) is 1. The molecule has 0 saturated carbocycles. The van der Waals surface area contributed by atoms with Gasteiger partial charge in [0.25, 0.3) is 0 Å². The van der Waals surface area contributed by atoms with E-state index in [0.717, 1.165) is 25.6 Å². The van der Waals surface area contributed by atoms with Crippen molar-refractivity contribution in [2.45, 2.75) is 32.9 Å². The van der Waals surface area contributed by atoms with E-state index in [4.69, 9.17) is 5.11 Å². The van der Waals surface area contributed by atoms with Crippen LogP contribution in [0.4, 0.5) is 0 Å². The summed E-state index contributed by atoms with van der Waals surface area (Å²) in [6.07, 6.45) is 0. The van der Waals surface area contributed by atoms with Crippen molar-refractivity contribution < 1.29 is 5.11 Å². The molecular weight excluding hydrogens is 258 g/mol. The smallest absolute Gasteiger partial charge is 0.193 e. The van der Waals surface area contributed by atoms with E-state index in [1.165, 1.54) is 5.75 Å². The van der Waals surface area contributed by atoms with Crippen LogP contribution >= 0.6 is 11.8 Å². The molecule has 0 amide bonds. The summed E-state index contributed by atoms with van der Waals surface area (Å²) >= 11 is 2.07. The first kappa shape index (κ1) is 16.6. The maximum absolute atomic E-state index is 9.10. The van der Waals surface area contributed by atoms with Crippen molar-refractivity contribution in [2.24, 2.45) is 16.8 Å². The summed E-state index contributed by atoms with van der Waals surface area (Å²) in [5.74, 6) is 3.11. The summed E-state index contributed by atoms with van der Waals surface area (Å²) in [5.41, 5.74) is 0. The Kier molecular flexibility index (Phi) is 7.61. The predicted octanol–water partition coefficient (Wildman–Crippen LogP) is 1.65. The van der Waals surface area contributed by atoms with Crippen LogP contribution in [0, 0.1) is 11.8 Å². The number of thioether (sulfide) groups is 1. The average molecular weight is 287 g/mol. The normalized spacial score (nSPS) is 22.7. The molecule has 5 heteroatoms. The first-order valence-electron chi connectivity index (χ1n) is 7.34. The highest BCUT2D eigenvalue weighted by Gasteiger charge is 2.24. The van der Waals surface area contributed by atoms with Gasteiger partial charge >= 0.3 is 0 Å². The standard InChI is InChI=1S/C14H29N3OS/c1-5-15-14(16-8-12(4)10-18)17-6-7-19-13(9-17)11(2)3/h11-13,18H,5-10H2,1-4H3,(H,15,16). The van der Waals surface area contributed by atoms with Crippen LogP contribution in [0.1, 0.15) is 27.7 Å². The Morgan fingerprint density at radius 1 is 1.47 bits per heavy atom. The topological polar surface area (TPSA) is 47.9 Å². The molecule has 1 saturated heterocycles. The van der Waals surface area contributed by atoms with Crippen molar-refractivity contribution in [1.82, 2.24) is 10.2 Å². The molecule has 2 N–H and O–H groups in total. The summed E-state index contributed by atoms with van der Waals surface area (Å²) in [7, 11) is 0. The van der Waals surface area contributed by atoms with Gasteiger partial charge in [0.15, 0.2) is 5.96 Å². The first-order valence-corrected chi connectivity index (χ1v) is 8.39. The number of guanidine groups is 1. The van der Waals surface area contributed by atoms with E-state index in [2.05, 4.69) is 47.7 Å². The van der Waals surface area contributed by atoms with E-state index in [9.17, 15) is 0 Å². The molecular formula is C14H29N3OS. The fourth-order valence-electron chi connectivity index (χ4n) is 2.00. The number of nitrogens with zero attached hydrogens (tertiary/aromatic N) is 2. The van der Waals surface area contributed by atoms with Crippen molar-refractivity contribution in [3.05, 3.63) is 0 Å². The molecule has 2 unspecified atom stereocenters. The fourth-order valence-corrected chi connectivity index (χ4v) is 3.30. The predicted molar refractivity (Wildman–Crippen MR) is 84.9 cm³/mol. The second-order valence-corrected chi connectivity index (χ2v) is 6.93. The Morgan fingerprint density at radius 2 is 2.21 bits per heavy atom. The molecule has 0 aliphatic carbocycles. The quantitative estimate of drug-likeness (QED) is 0.596. The summed E-state index contributed by atoms with van der Waals surface area (Å²) in [6.45, 7) is 12.6. The molecule has 0 aromatic carbocycles. The summed E-state index contributed by atoms with van der Waals surface area (Å²) in [4.78, 5) is 7.03. The third-order valence-corrected chi connectivity index (χ3v) is 4.88. The van der Waals surface area contributed by atoms with Crippen LogP contribution in [0.25, 0.3) is 0 Å². The van der Waals surface area contributed by atoms with Crippen molar-refractivity contribution in [3.8, 4) is 0 Å². The number of hydrogen-bond donors (Lipinski definition) is 2. The van der Waals surface area contributed by atoms with Crippen molar-refractivity contribution in [2.75, 3.05) is 38.5 Å². The van der Waals surface area contributed by atoms with Gasteiger partial charge in [-0.3, -0.25) is 4.99 Å². The highest BCUT2D eigenvalue weighted by atomic mass is 32.2. The van der Waals surface area contributed by atoms with Gasteiger partial charge in [-0.2, -0.15) is 11.8 Å². The minimum atomic E-state index is 0.202. The minimum Gasteiger partial charge on any atom is -0.396 e. The average Bonchev–Trinajstić information content (AvgIpc) is 2.43. The van der Waals surface area contributed by atoms with E-state index in [1.807, 2.05) is 6.92 Å². The summed E-state index contributed by atoms with van der Waals surface area (Å²) < 4.78 is 0. The molecule has 1 aliphatic heterocycles. The molecule has 1 rings (SSSR count). The molecule has 0 spiro atoms. The number of aliphatic hydroxyl groups excluding tert-OH is 1. The van der Waals surface area contributed by atoms with Crippen LogP contribution in [0.3, 0.4) is 0 Å². The van der Waals surface area contributed by atoms with Gasteiger partial charge in [0.1, 0.15) is 0 Å². The molecule has 0 radical (unpaired) electrons. The molecule has 0 aromatic rings. The third kappa shape index (κ3) is 5.61. The Labute approximate surface area is 122 Å². The van der Waals surface area contributed by atoms with Crippen LogP contribution < -0.4 is 5.32 Å². The van der Waals surface area contributed by atoms with Crippen LogP contribution in [-0.4, -0.2) is 59.8 Å². The SMILES string of the molecule is CCNC(=NCC(C)CO)N1CCSC(C(C)C)C1. The molecule has 19 heavy (non-hydrogen) atoms. The molecule has 2 atom stereocenters. The van der Waals surface area contributed by atoms with Crippen LogP contribution in [0.5, 0.6) is 0 Å². The van der Waals surface area contributed by atoms with Gasteiger partial charge < -0.3 is 15.3 Å². The number of hydrogen-bond acceptors (Lipinski definition) is 3. The maximum Gasteiger partial charge on any atom is 0.193 e. The molecule has 1 aliphatic rings. The van der Waals surface area contributed by atoms with Gasteiger partial charge in [-0.1, -0.05) is 20.8 Å². The van der Waals surface area contributed by atoms with E-state index in [-0.39, 0.29) is 12.5 Å². The lowest BCUT2D eigenvalue weighted by molar-refractivity contribution is 0.241. The third-order valence-electron chi connectivity index (χ3n) is 3.34. The van der Waals surface area contributed by atoms with E-state index in [1.54, 1.807) is 0 Å². The zero-order valence-electron chi connectivity index (χ0n) is 12.7. The molecule has 112 valence electrons. The van der Waals surface area contributed by atoms with Gasteiger partial charge in [0.05, 0.1) is 0 Å². The molecule has 4 nitrogen and oxygen atoms in total. The van der Waals surface area contributed by atoms with Gasteiger partial charge in [-0.25, -0.2) is 0 Å². The van der Waals surface area contributed by atoms with Crippen LogP contribution in [0.15, 0.2) is 4.99 Å². The zero-order valence-corrected chi connectivity index (χ0v) is 13.5. The molecule has 0 aromatic heterocycles. The van der Waals surface area contributed by atoms with E-state index in [0.29, 0.717) is 17.7 Å². The number of aliphatic imine (C=N–C) groups is 1. The Morgan fingerprint density at radius 3 is 2.79 bits per heavy atom. The van der Waals surface area contributed by atoms with Crippen LogP contribution in [0.2, 0.25) is 0 Å². The Bertz CT molecular complexity index is 284. The van der Waals surface area contributed by atoms with Gasteiger partial charge in [0.2, 0.25) is 0 Å². The minimum absolute atomic E-state index is 0.202. The van der Waals surface area contributed by atoms with Gasteiger partial charge in [-0.15, -0.1) is 0 Å². The van der Waals surface area contributed by atoms with Crippen molar-refractivity contribution in [1.29, 1.82) is 0 Å². The summed E-state index contributed by atoms with van der Waals surface area (Å²) in [6, 6.07) is 0. The van der Waals surface area contributed by atoms with Gasteiger partial charge in [-0.05, 0) is 18.8 Å². The zero-order chi connectivity index (χ0) is 14.3. The van der Waals surface area contributed by atoms with Gasteiger partial charge in [0, 0.05) is 43.8 Å². The number of rotatable bonds is 5. The lowest BCUT2D eigenvalue weighted by atomic mass is 10.1. The van der Waals surface area contributed by atoms with Crippen molar-refractivity contribution in [3.63, 3.8) is 0 Å². The molecule has 1 fully saturated rings. The lowest BCUT2D eigenvalue weighted by Crippen LogP contribution is -2.49. The number of aliphatic hydroxyl groups is 1. The monoisotopic (exact) mass is 287 g/mol. The largest absolute Gasteiger partial charge is 0.396 e. The van der Waals surface area contributed by atoms with E-state index >= 15 is 0 Å². The summed E-state index contributed by atoms with van der Waals surface area (Å²) in [5, 5.41) is 13.2. The second kappa shape index (κ2) is 8.69. The fraction of sp³-hybridized carbons (Fsp3) is 0.929. The highest BCUT2D eigenvalue weighted by Crippen LogP contribution is 2.24. The second-order valence-electron chi connectivity index (χ2n) is 5.58. The molecule has 1 heterocycles. The highest BCUT2D eigenvalue weighted by molar-refractivity contribution is 8.00. The lowest BCUT2D eigenvalue weighted by Gasteiger charge is -2.36.